The van der Waals surface area contributed by atoms with E-state index in [1.165, 1.54) is 0 Å². The number of rotatable bonds is 4. The van der Waals surface area contributed by atoms with Gasteiger partial charge in [-0.05, 0) is 30.3 Å². The number of carbonyl (C=O) groups is 2. The maximum absolute atomic E-state index is 12.4. The number of carbonyl (C=O) groups excluding carboxylic acids is 2. The summed E-state index contributed by atoms with van der Waals surface area (Å²) in [6.45, 7) is 0.304. The molecule has 0 spiro atoms. The number of nitrogens with zero attached hydrogens (tertiary/aromatic N) is 1. The maximum atomic E-state index is 12.4. The van der Waals surface area contributed by atoms with E-state index in [-0.39, 0.29) is 11.9 Å². The fourth-order valence-corrected chi connectivity index (χ4v) is 2.80. The molecule has 2 aromatic carbocycles. The summed E-state index contributed by atoms with van der Waals surface area (Å²) in [4.78, 5) is 25.8. The van der Waals surface area contributed by atoms with Gasteiger partial charge < -0.3 is 20.3 Å². The fraction of sp³-hybridized carbons (Fsp3) is 0.222. The number of ether oxygens (including phenoxy) is 1. The van der Waals surface area contributed by atoms with Gasteiger partial charge in [-0.2, -0.15) is 0 Å². The number of urea groups is 1. The predicted octanol–water partition coefficient (Wildman–Crippen LogP) is 3.28. The zero-order valence-corrected chi connectivity index (χ0v) is 14.4. The molecule has 0 fully saturated rings. The minimum absolute atomic E-state index is 0.129. The number of anilines is 2. The molecule has 1 heterocycles. The Morgan fingerprint density at radius 3 is 2.84 bits per heavy atom. The van der Waals surface area contributed by atoms with E-state index in [1.54, 1.807) is 36.2 Å². The monoisotopic (exact) mass is 359 g/mol. The van der Waals surface area contributed by atoms with Gasteiger partial charge in [0.25, 0.3) is 5.91 Å². The first-order valence-electron chi connectivity index (χ1n) is 7.88. The van der Waals surface area contributed by atoms with E-state index >= 15 is 0 Å². The van der Waals surface area contributed by atoms with Crippen molar-refractivity contribution in [2.24, 2.45) is 0 Å². The van der Waals surface area contributed by atoms with Gasteiger partial charge in [0, 0.05) is 30.7 Å². The van der Waals surface area contributed by atoms with E-state index < -0.39 is 6.10 Å². The molecule has 2 aromatic rings. The summed E-state index contributed by atoms with van der Waals surface area (Å²) in [7, 11) is 1.72. The maximum Gasteiger partial charge on any atom is 0.319 e. The molecule has 0 aromatic heterocycles. The summed E-state index contributed by atoms with van der Waals surface area (Å²) in [6.07, 6.45) is -0.244. The first-order valence-corrected chi connectivity index (χ1v) is 8.26. The molecule has 1 aliphatic rings. The number of fused-ring (bicyclic) bond motifs is 1. The van der Waals surface area contributed by atoms with E-state index in [0.29, 0.717) is 29.4 Å². The normalized spacial score (nSPS) is 16.0. The van der Waals surface area contributed by atoms with E-state index in [4.69, 9.17) is 16.3 Å². The fourth-order valence-electron chi connectivity index (χ4n) is 2.61. The van der Waals surface area contributed by atoms with Gasteiger partial charge in [-0.15, -0.1) is 0 Å². The molecule has 1 atom stereocenters. The molecule has 3 rings (SSSR count). The van der Waals surface area contributed by atoms with E-state index in [2.05, 4.69) is 10.6 Å². The van der Waals surface area contributed by atoms with Crippen LogP contribution >= 0.6 is 11.6 Å². The predicted molar refractivity (Wildman–Crippen MR) is 97.4 cm³/mol. The molecular formula is C18H18ClN3O3. The highest BCUT2D eigenvalue weighted by molar-refractivity contribution is 6.30. The number of amides is 3. The second-order valence-corrected chi connectivity index (χ2v) is 6.09. The Morgan fingerprint density at radius 2 is 2.04 bits per heavy atom. The Balaban J connectivity index is 1.52. The first-order chi connectivity index (χ1) is 12.0. The number of benzene rings is 2. The molecule has 0 radical (unpaired) electrons. The van der Waals surface area contributed by atoms with Crippen molar-refractivity contribution < 1.29 is 14.3 Å². The van der Waals surface area contributed by atoms with E-state index in [0.717, 1.165) is 5.69 Å². The average Bonchev–Trinajstić information content (AvgIpc) is 2.59. The van der Waals surface area contributed by atoms with Crippen molar-refractivity contribution >= 4 is 34.9 Å². The minimum atomic E-state index is -0.619. The quantitative estimate of drug-likeness (QED) is 0.880. The second-order valence-electron chi connectivity index (χ2n) is 5.65. The van der Waals surface area contributed by atoms with Crippen LogP contribution in [0.4, 0.5) is 16.2 Å². The molecule has 0 bridgehead atoms. The molecule has 25 heavy (non-hydrogen) atoms. The third-order valence-corrected chi connectivity index (χ3v) is 4.11. The van der Waals surface area contributed by atoms with Gasteiger partial charge in [-0.3, -0.25) is 4.79 Å². The number of para-hydroxylation sites is 2. The SMILES string of the molecule is CN1C(=O)C(CCNC(=O)Nc2cccc(Cl)c2)Oc2ccccc21. The number of hydrogen-bond acceptors (Lipinski definition) is 3. The van der Waals surface area contributed by atoms with E-state index in [1.807, 2.05) is 24.3 Å². The molecule has 2 N–H and O–H groups in total. The summed E-state index contributed by atoms with van der Waals surface area (Å²) >= 11 is 5.87. The van der Waals surface area contributed by atoms with Crippen molar-refractivity contribution in [2.75, 3.05) is 23.8 Å². The second kappa shape index (κ2) is 7.44. The highest BCUT2D eigenvalue weighted by Crippen LogP contribution is 2.33. The van der Waals surface area contributed by atoms with Gasteiger partial charge in [0.1, 0.15) is 5.75 Å². The Hall–Kier alpha value is -2.73. The lowest BCUT2D eigenvalue weighted by Gasteiger charge is -2.31. The third kappa shape index (κ3) is 4.03. The highest BCUT2D eigenvalue weighted by Gasteiger charge is 2.31. The largest absolute Gasteiger partial charge is 0.478 e. The third-order valence-electron chi connectivity index (χ3n) is 3.88. The smallest absolute Gasteiger partial charge is 0.319 e. The first kappa shape index (κ1) is 17.1. The van der Waals surface area contributed by atoms with Crippen LogP contribution in [0.25, 0.3) is 0 Å². The molecule has 0 saturated heterocycles. The molecule has 6 nitrogen and oxygen atoms in total. The topological polar surface area (TPSA) is 70.7 Å². The van der Waals surface area contributed by atoms with Gasteiger partial charge in [0.05, 0.1) is 5.69 Å². The van der Waals surface area contributed by atoms with Crippen molar-refractivity contribution in [2.45, 2.75) is 12.5 Å². The van der Waals surface area contributed by atoms with Crippen molar-refractivity contribution in [1.82, 2.24) is 5.32 Å². The van der Waals surface area contributed by atoms with Gasteiger partial charge in [-0.25, -0.2) is 4.79 Å². The van der Waals surface area contributed by atoms with Gasteiger partial charge >= 0.3 is 6.03 Å². The number of nitrogens with one attached hydrogen (secondary N) is 2. The molecular weight excluding hydrogens is 342 g/mol. The van der Waals surface area contributed by atoms with Crippen molar-refractivity contribution in [3.05, 3.63) is 53.6 Å². The standard InChI is InChI=1S/C18H18ClN3O3/c1-22-14-7-2-3-8-15(14)25-16(17(22)23)9-10-20-18(24)21-13-6-4-5-12(19)11-13/h2-8,11,16H,9-10H2,1H3,(H2,20,21,24). The average molecular weight is 360 g/mol. The van der Waals surface area contributed by atoms with Crippen molar-refractivity contribution in [1.29, 1.82) is 0 Å². The van der Waals surface area contributed by atoms with Gasteiger partial charge in [0.2, 0.25) is 0 Å². The molecule has 130 valence electrons. The van der Waals surface area contributed by atoms with Crippen LogP contribution < -0.4 is 20.3 Å². The molecule has 1 aliphatic heterocycles. The zero-order valence-electron chi connectivity index (χ0n) is 13.7. The summed E-state index contributed by atoms with van der Waals surface area (Å²) < 4.78 is 5.75. The van der Waals surface area contributed by atoms with Crippen molar-refractivity contribution in [3.63, 3.8) is 0 Å². The van der Waals surface area contributed by atoms with Gasteiger partial charge in [-0.1, -0.05) is 29.8 Å². The lowest BCUT2D eigenvalue weighted by Crippen LogP contribution is -2.45. The molecule has 3 amide bonds. The molecule has 0 saturated carbocycles. The number of halogens is 1. The molecule has 0 aliphatic carbocycles. The van der Waals surface area contributed by atoms with Crippen LogP contribution in [0.1, 0.15) is 6.42 Å². The van der Waals surface area contributed by atoms with Crippen LogP contribution in [0, 0.1) is 0 Å². The summed E-state index contributed by atoms with van der Waals surface area (Å²) in [6, 6.07) is 13.9. The number of likely N-dealkylation sites (N-methyl/N-ethyl adjacent to an activating group) is 1. The molecule has 1 unspecified atom stereocenters. The van der Waals surface area contributed by atoms with Crippen LogP contribution in [-0.2, 0) is 4.79 Å². The summed E-state index contributed by atoms with van der Waals surface area (Å²) in [5.41, 5.74) is 1.35. The van der Waals surface area contributed by atoms with Crippen LogP contribution in [0.15, 0.2) is 48.5 Å². The summed E-state index contributed by atoms with van der Waals surface area (Å²) in [5.74, 6) is 0.536. The Kier molecular flexibility index (Phi) is 5.09. The van der Waals surface area contributed by atoms with Crippen LogP contribution in [-0.4, -0.2) is 31.6 Å². The minimum Gasteiger partial charge on any atom is -0.478 e. The molecule has 7 heteroatoms. The Labute approximate surface area is 150 Å². The van der Waals surface area contributed by atoms with Crippen LogP contribution in [0.3, 0.4) is 0 Å². The lowest BCUT2D eigenvalue weighted by molar-refractivity contribution is -0.126. The van der Waals surface area contributed by atoms with Gasteiger partial charge in [0.15, 0.2) is 6.10 Å². The lowest BCUT2D eigenvalue weighted by atomic mass is 10.1. The zero-order chi connectivity index (χ0) is 17.8. The van der Waals surface area contributed by atoms with E-state index in [9.17, 15) is 9.59 Å². The Bertz CT molecular complexity index is 797. The number of hydrogen-bond donors (Lipinski definition) is 2. The van der Waals surface area contributed by atoms with Crippen molar-refractivity contribution in [3.8, 4) is 5.75 Å². The van der Waals surface area contributed by atoms with Crippen LogP contribution in [0.5, 0.6) is 5.75 Å². The van der Waals surface area contributed by atoms with Crippen LogP contribution in [0.2, 0.25) is 5.02 Å². The summed E-state index contributed by atoms with van der Waals surface area (Å²) in [5, 5.41) is 5.94. The Morgan fingerprint density at radius 1 is 1.24 bits per heavy atom. The highest BCUT2D eigenvalue weighted by atomic mass is 35.5.